The van der Waals surface area contributed by atoms with Crippen LogP contribution in [0.2, 0.25) is 0 Å². The number of aldehydes is 1. The quantitative estimate of drug-likeness (QED) is 0.388. The van der Waals surface area contributed by atoms with E-state index >= 15 is 0 Å². The lowest BCUT2D eigenvalue weighted by Gasteiger charge is -2.12. The SMILES string of the molecule is CC1C(C)[N+]12C(C=O)=Nc1ccccc12. The maximum Gasteiger partial charge on any atom is 0.275 e. The van der Waals surface area contributed by atoms with E-state index in [2.05, 4.69) is 24.9 Å². The molecule has 2 unspecified atom stereocenters. The number of amidine groups is 1. The highest BCUT2D eigenvalue weighted by Gasteiger charge is 2.68. The van der Waals surface area contributed by atoms with Gasteiger partial charge in [0.1, 0.15) is 5.69 Å². The van der Waals surface area contributed by atoms with Crippen molar-refractivity contribution in [3.63, 3.8) is 0 Å². The molecule has 2 aliphatic rings. The average molecular weight is 201 g/mol. The summed E-state index contributed by atoms with van der Waals surface area (Å²) in [6.45, 7) is 4.34. The molecule has 1 saturated heterocycles. The van der Waals surface area contributed by atoms with Crippen LogP contribution in [0, 0.1) is 0 Å². The molecule has 0 bridgehead atoms. The van der Waals surface area contributed by atoms with Crippen molar-refractivity contribution >= 4 is 23.5 Å². The molecular formula is C12H13N2O+. The van der Waals surface area contributed by atoms with Crippen molar-refractivity contribution in [3.05, 3.63) is 24.3 Å². The summed E-state index contributed by atoms with van der Waals surface area (Å²) in [6, 6.07) is 8.97. The molecule has 2 atom stereocenters. The Labute approximate surface area is 88.6 Å². The van der Waals surface area contributed by atoms with E-state index in [1.54, 1.807) is 0 Å². The number of fused-ring (bicyclic) bond motifs is 2. The van der Waals surface area contributed by atoms with Crippen molar-refractivity contribution in [2.24, 2.45) is 4.99 Å². The monoisotopic (exact) mass is 201 g/mol. The first-order valence-electron chi connectivity index (χ1n) is 5.25. The zero-order chi connectivity index (χ0) is 10.6. The summed E-state index contributed by atoms with van der Waals surface area (Å²) in [5.74, 6) is 0.663. The van der Waals surface area contributed by atoms with Crippen LogP contribution in [0.15, 0.2) is 29.3 Å². The molecule has 1 spiro atoms. The molecule has 2 aliphatic heterocycles. The third-order valence-electron chi connectivity index (χ3n) is 3.89. The van der Waals surface area contributed by atoms with Gasteiger partial charge in [-0.25, -0.2) is 4.48 Å². The number of carbonyl (C=O) groups excluding carboxylic acids is 1. The van der Waals surface area contributed by atoms with Gasteiger partial charge in [0.05, 0.1) is 0 Å². The van der Waals surface area contributed by atoms with Crippen molar-refractivity contribution in [1.82, 2.24) is 4.48 Å². The number of para-hydroxylation sites is 2. The van der Waals surface area contributed by atoms with Gasteiger partial charge in [0.25, 0.3) is 5.84 Å². The fourth-order valence-electron chi connectivity index (χ4n) is 2.86. The van der Waals surface area contributed by atoms with Crippen LogP contribution < -0.4 is 4.48 Å². The Bertz CT molecular complexity index is 470. The normalized spacial score (nSPS) is 36.3. The van der Waals surface area contributed by atoms with E-state index in [0.717, 1.165) is 12.0 Å². The summed E-state index contributed by atoms with van der Waals surface area (Å²) in [5.41, 5.74) is 2.13. The number of aliphatic imine (C=N–C) groups is 1. The maximum absolute atomic E-state index is 11.1. The Morgan fingerprint density at radius 3 is 2.53 bits per heavy atom. The molecule has 76 valence electrons. The van der Waals surface area contributed by atoms with Crippen LogP contribution in [0.5, 0.6) is 0 Å². The zero-order valence-electron chi connectivity index (χ0n) is 8.84. The summed E-state index contributed by atoms with van der Waals surface area (Å²) in [4.78, 5) is 15.5. The van der Waals surface area contributed by atoms with Gasteiger partial charge >= 0.3 is 0 Å². The molecule has 3 heteroatoms. The van der Waals surface area contributed by atoms with Gasteiger partial charge in [0.15, 0.2) is 17.8 Å². The van der Waals surface area contributed by atoms with Crippen LogP contribution in [-0.4, -0.2) is 24.2 Å². The third-order valence-corrected chi connectivity index (χ3v) is 3.89. The minimum Gasteiger partial charge on any atom is -0.290 e. The predicted molar refractivity (Wildman–Crippen MR) is 60.3 cm³/mol. The van der Waals surface area contributed by atoms with Crippen LogP contribution in [0.3, 0.4) is 0 Å². The van der Waals surface area contributed by atoms with Crippen LogP contribution in [0.1, 0.15) is 13.8 Å². The summed E-state index contributed by atoms with van der Waals surface area (Å²) in [7, 11) is 0. The van der Waals surface area contributed by atoms with Crippen LogP contribution in [0.25, 0.3) is 0 Å². The highest BCUT2D eigenvalue weighted by Crippen LogP contribution is 2.53. The number of hydrogen-bond donors (Lipinski definition) is 0. The fourth-order valence-corrected chi connectivity index (χ4v) is 2.86. The average Bonchev–Trinajstić information content (AvgIpc) is 2.70. The number of quaternary nitrogens is 1. The molecule has 1 aromatic carbocycles. The number of nitrogens with zero attached hydrogens (tertiary/aromatic N) is 2. The van der Waals surface area contributed by atoms with Crippen molar-refractivity contribution in [3.8, 4) is 0 Å². The molecule has 3 rings (SSSR count). The molecule has 0 radical (unpaired) electrons. The van der Waals surface area contributed by atoms with Gasteiger partial charge in [0, 0.05) is 6.07 Å². The van der Waals surface area contributed by atoms with Crippen molar-refractivity contribution in [1.29, 1.82) is 0 Å². The number of carbonyl (C=O) groups is 1. The highest BCUT2D eigenvalue weighted by molar-refractivity contribution is 6.35. The highest BCUT2D eigenvalue weighted by atomic mass is 16.1. The van der Waals surface area contributed by atoms with Crippen LogP contribution in [0.4, 0.5) is 11.4 Å². The summed E-state index contributed by atoms with van der Waals surface area (Å²) in [5, 5.41) is 0. The van der Waals surface area contributed by atoms with Gasteiger partial charge in [0.2, 0.25) is 6.29 Å². The number of hydrogen-bond acceptors (Lipinski definition) is 2. The second-order valence-electron chi connectivity index (χ2n) is 4.34. The van der Waals surface area contributed by atoms with E-state index in [-0.39, 0.29) is 0 Å². The van der Waals surface area contributed by atoms with E-state index in [1.165, 1.54) is 5.69 Å². The summed E-state index contributed by atoms with van der Waals surface area (Å²) >= 11 is 0. The standard InChI is InChI=1S/C12H13N2O/c1-8-9(2)14(8)11-6-4-3-5-10(11)13-12(14)7-15/h3-9H,1-2H3/q+1. The molecule has 0 amide bonds. The Balaban J connectivity index is 2.24. The molecule has 0 N–H and O–H groups in total. The van der Waals surface area contributed by atoms with Gasteiger partial charge in [-0.05, 0) is 19.9 Å². The first-order chi connectivity index (χ1) is 7.22. The molecule has 2 heterocycles. The molecule has 3 nitrogen and oxygen atoms in total. The molecule has 0 aliphatic carbocycles. The van der Waals surface area contributed by atoms with Crippen LogP contribution in [-0.2, 0) is 4.79 Å². The smallest absolute Gasteiger partial charge is 0.275 e. The van der Waals surface area contributed by atoms with E-state index in [4.69, 9.17) is 0 Å². The van der Waals surface area contributed by atoms with Gasteiger partial charge in [-0.3, -0.25) is 4.79 Å². The Hall–Kier alpha value is -1.48. The molecule has 0 saturated carbocycles. The first-order valence-corrected chi connectivity index (χ1v) is 5.25. The Morgan fingerprint density at radius 2 is 1.93 bits per heavy atom. The molecule has 1 fully saturated rings. The number of benzene rings is 1. The van der Waals surface area contributed by atoms with E-state index in [0.29, 0.717) is 22.4 Å². The fraction of sp³-hybridized carbons (Fsp3) is 0.333. The first kappa shape index (κ1) is 8.80. The van der Waals surface area contributed by atoms with E-state index in [1.807, 2.05) is 18.2 Å². The zero-order valence-corrected chi connectivity index (χ0v) is 8.84. The van der Waals surface area contributed by atoms with E-state index < -0.39 is 0 Å². The lowest BCUT2D eigenvalue weighted by molar-refractivity contribution is -0.103. The summed E-state index contributed by atoms with van der Waals surface area (Å²) < 4.78 is 0.666. The van der Waals surface area contributed by atoms with Gasteiger partial charge in [-0.15, -0.1) is 0 Å². The van der Waals surface area contributed by atoms with Crippen molar-refractivity contribution in [2.45, 2.75) is 25.9 Å². The second-order valence-corrected chi connectivity index (χ2v) is 4.34. The maximum atomic E-state index is 11.1. The third kappa shape index (κ3) is 0.804. The Kier molecular flexibility index (Phi) is 1.50. The minimum atomic E-state index is 0.470. The predicted octanol–water partition coefficient (Wildman–Crippen LogP) is 2.03. The molecular weight excluding hydrogens is 188 g/mol. The second kappa shape index (κ2) is 2.55. The van der Waals surface area contributed by atoms with Gasteiger partial charge in [-0.2, -0.15) is 4.99 Å². The van der Waals surface area contributed by atoms with Gasteiger partial charge < -0.3 is 0 Å². The largest absolute Gasteiger partial charge is 0.290 e. The minimum absolute atomic E-state index is 0.470. The molecule has 1 aromatic rings. The topological polar surface area (TPSA) is 29.4 Å². The van der Waals surface area contributed by atoms with E-state index in [9.17, 15) is 4.79 Å². The lowest BCUT2D eigenvalue weighted by Crippen LogP contribution is -2.36. The van der Waals surface area contributed by atoms with Crippen molar-refractivity contribution < 1.29 is 4.79 Å². The number of rotatable bonds is 1. The van der Waals surface area contributed by atoms with Crippen molar-refractivity contribution in [2.75, 3.05) is 0 Å². The van der Waals surface area contributed by atoms with Gasteiger partial charge in [-0.1, -0.05) is 12.1 Å². The Morgan fingerprint density at radius 1 is 1.27 bits per heavy atom. The van der Waals surface area contributed by atoms with Crippen LogP contribution >= 0.6 is 0 Å². The molecule has 15 heavy (non-hydrogen) atoms. The summed E-state index contributed by atoms with van der Waals surface area (Å²) in [6.07, 6.45) is 0.903. The molecule has 0 aromatic heterocycles. The lowest BCUT2D eigenvalue weighted by atomic mass is 10.2.